The molecule has 2 bridgehead atoms. The average molecular weight is 215 g/mol. The molecule has 3 atom stereocenters. The number of rotatable bonds is 2. The number of fused-ring (bicyclic) bond motifs is 2. The van der Waals surface area contributed by atoms with E-state index in [9.17, 15) is 9.00 Å². The summed E-state index contributed by atoms with van der Waals surface area (Å²) in [4.78, 5) is 11.9. The van der Waals surface area contributed by atoms with E-state index in [1.807, 2.05) is 0 Å². The number of carbonyl (C=O) groups is 1. The van der Waals surface area contributed by atoms with E-state index in [4.69, 9.17) is 5.14 Å². The number of carbonyl (C=O) groups excluding carboxylic acids is 1. The Morgan fingerprint density at radius 3 is 2.57 bits per heavy atom. The van der Waals surface area contributed by atoms with Gasteiger partial charge in [-0.3, -0.25) is 9.93 Å². The van der Waals surface area contributed by atoms with Gasteiger partial charge in [-0.1, -0.05) is 13.8 Å². The first-order chi connectivity index (χ1) is 6.40. The van der Waals surface area contributed by atoms with Gasteiger partial charge in [0.25, 0.3) is 0 Å². The molecular weight excluding hydrogens is 198 g/mol. The minimum absolute atomic E-state index is 0.000880. The highest BCUT2D eigenvalue weighted by Gasteiger charge is 2.64. The van der Waals surface area contributed by atoms with Crippen LogP contribution in [-0.2, 0) is 15.8 Å². The quantitative estimate of drug-likeness (QED) is 0.747. The lowest BCUT2D eigenvalue weighted by Gasteiger charge is -2.35. The Hall–Kier alpha value is -0.220. The second-order valence-corrected chi connectivity index (χ2v) is 6.24. The molecule has 0 radical (unpaired) electrons. The van der Waals surface area contributed by atoms with Crippen molar-refractivity contribution in [1.29, 1.82) is 0 Å². The van der Waals surface area contributed by atoms with Gasteiger partial charge >= 0.3 is 0 Å². The standard InChI is InChI=1S/C10H17NO2S/c1-9(2)7-3-4-10(9,6-14(11)13)8(12)5-7/h7H,3-6,11H2,1-2H3/t7-,10+,14?/m0/s1. The number of Topliss-reactive ketones (excluding diaryl/α,β-unsaturated/α-hetero) is 1. The van der Waals surface area contributed by atoms with Crippen LogP contribution in [0.3, 0.4) is 0 Å². The summed E-state index contributed by atoms with van der Waals surface area (Å²) in [7, 11) is -1.36. The smallest absolute Gasteiger partial charge is 0.140 e. The van der Waals surface area contributed by atoms with Gasteiger partial charge in [0.15, 0.2) is 0 Å². The summed E-state index contributed by atoms with van der Waals surface area (Å²) in [6, 6.07) is 0. The van der Waals surface area contributed by atoms with E-state index in [2.05, 4.69) is 13.8 Å². The second kappa shape index (κ2) is 2.89. The van der Waals surface area contributed by atoms with Crippen molar-refractivity contribution in [3.8, 4) is 0 Å². The minimum Gasteiger partial charge on any atom is -0.299 e. The van der Waals surface area contributed by atoms with Gasteiger partial charge < -0.3 is 0 Å². The van der Waals surface area contributed by atoms with Crippen LogP contribution >= 0.6 is 0 Å². The molecule has 3 nitrogen and oxygen atoms in total. The van der Waals surface area contributed by atoms with Crippen LogP contribution in [0.5, 0.6) is 0 Å². The molecule has 0 aromatic carbocycles. The lowest BCUT2D eigenvalue weighted by molar-refractivity contribution is -0.127. The van der Waals surface area contributed by atoms with Crippen LogP contribution in [-0.4, -0.2) is 15.7 Å². The van der Waals surface area contributed by atoms with Crippen molar-refractivity contribution >= 4 is 16.8 Å². The summed E-state index contributed by atoms with van der Waals surface area (Å²) < 4.78 is 11.2. The third-order valence-electron chi connectivity index (χ3n) is 4.53. The molecule has 0 heterocycles. The summed E-state index contributed by atoms with van der Waals surface area (Å²) in [6.45, 7) is 4.25. The molecule has 1 unspecified atom stereocenters. The Labute approximate surface area is 87.0 Å². The fourth-order valence-corrected chi connectivity index (χ4v) is 4.51. The van der Waals surface area contributed by atoms with Gasteiger partial charge in [0.2, 0.25) is 0 Å². The van der Waals surface area contributed by atoms with E-state index in [0.717, 1.165) is 12.8 Å². The number of ketones is 1. The fraction of sp³-hybridized carbons (Fsp3) is 0.900. The lowest BCUT2D eigenvalue weighted by atomic mass is 9.70. The second-order valence-electron chi connectivity index (χ2n) is 5.19. The van der Waals surface area contributed by atoms with Gasteiger partial charge in [-0.15, -0.1) is 0 Å². The Kier molecular flexibility index (Phi) is 2.13. The zero-order valence-corrected chi connectivity index (χ0v) is 9.52. The van der Waals surface area contributed by atoms with Gasteiger partial charge in [-0.05, 0) is 24.2 Å². The molecule has 2 aliphatic carbocycles. The van der Waals surface area contributed by atoms with Gasteiger partial charge in [0.05, 0.1) is 16.7 Å². The van der Waals surface area contributed by atoms with Crippen LogP contribution < -0.4 is 5.14 Å². The maximum absolute atomic E-state index is 11.9. The van der Waals surface area contributed by atoms with E-state index in [-0.39, 0.29) is 16.6 Å². The molecule has 2 N–H and O–H groups in total. The van der Waals surface area contributed by atoms with Crippen LogP contribution in [0.1, 0.15) is 33.1 Å². The van der Waals surface area contributed by atoms with E-state index in [1.165, 1.54) is 0 Å². The Bertz CT molecular complexity index is 313. The summed E-state index contributed by atoms with van der Waals surface area (Å²) in [5.41, 5.74) is -0.379. The van der Waals surface area contributed by atoms with Gasteiger partial charge in [0, 0.05) is 11.8 Å². The molecule has 0 spiro atoms. The molecule has 0 amide bonds. The van der Waals surface area contributed by atoms with Crippen LogP contribution in [0, 0.1) is 16.7 Å². The monoisotopic (exact) mass is 215 g/mol. The summed E-state index contributed by atoms with van der Waals surface area (Å²) >= 11 is 0. The molecule has 0 saturated heterocycles. The molecule has 0 aromatic rings. The van der Waals surface area contributed by atoms with Crippen LogP contribution in [0.4, 0.5) is 0 Å². The van der Waals surface area contributed by atoms with E-state index >= 15 is 0 Å². The SMILES string of the molecule is CC1(C)[C@H]2CC[C@@]1(CS(N)=O)C(=O)C2. The Morgan fingerprint density at radius 1 is 1.57 bits per heavy atom. The van der Waals surface area contributed by atoms with Crippen molar-refractivity contribution in [3.63, 3.8) is 0 Å². The van der Waals surface area contributed by atoms with Gasteiger partial charge in [-0.25, -0.2) is 4.21 Å². The predicted molar refractivity (Wildman–Crippen MR) is 55.8 cm³/mol. The van der Waals surface area contributed by atoms with Crippen LogP contribution in [0.25, 0.3) is 0 Å². The molecule has 2 fully saturated rings. The van der Waals surface area contributed by atoms with E-state index in [0.29, 0.717) is 18.1 Å². The van der Waals surface area contributed by atoms with Crippen molar-refractivity contribution in [3.05, 3.63) is 0 Å². The van der Waals surface area contributed by atoms with E-state index in [1.54, 1.807) is 0 Å². The Morgan fingerprint density at radius 2 is 2.21 bits per heavy atom. The molecule has 80 valence electrons. The minimum atomic E-state index is -1.36. The number of nitrogens with two attached hydrogens (primary N) is 1. The third-order valence-corrected chi connectivity index (χ3v) is 5.31. The molecule has 2 rings (SSSR count). The normalized spacial score (nSPS) is 41.6. The summed E-state index contributed by atoms with van der Waals surface area (Å²) in [5, 5.41) is 5.35. The zero-order chi connectivity index (χ0) is 10.6. The highest BCUT2D eigenvalue weighted by molar-refractivity contribution is 7.82. The van der Waals surface area contributed by atoms with Gasteiger partial charge in [-0.2, -0.15) is 0 Å². The molecule has 0 aliphatic heterocycles. The first-order valence-corrected chi connectivity index (χ1v) is 6.44. The summed E-state index contributed by atoms with van der Waals surface area (Å²) in [5.74, 6) is 1.13. The molecular formula is C10H17NO2S. The largest absolute Gasteiger partial charge is 0.299 e. The molecule has 14 heavy (non-hydrogen) atoms. The highest BCUT2D eigenvalue weighted by atomic mass is 32.2. The highest BCUT2D eigenvalue weighted by Crippen LogP contribution is 2.63. The average Bonchev–Trinajstić information content (AvgIpc) is 2.36. The van der Waals surface area contributed by atoms with Crippen molar-refractivity contribution in [2.45, 2.75) is 33.1 Å². The maximum Gasteiger partial charge on any atom is 0.140 e. The van der Waals surface area contributed by atoms with Gasteiger partial charge in [0.1, 0.15) is 5.78 Å². The molecule has 0 aromatic heterocycles. The third kappa shape index (κ3) is 1.07. The first-order valence-electron chi connectivity index (χ1n) is 5.06. The Balaban J connectivity index is 2.39. The first kappa shape index (κ1) is 10.3. The lowest BCUT2D eigenvalue weighted by Crippen LogP contribution is -2.42. The molecule has 2 saturated carbocycles. The fourth-order valence-electron chi connectivity index (χ4n) is 3.35. The predicted octanol–water partition coefficient (Wildman–Crippen LogP) is 1.00. The topological polar surface area (TPSA) is 60.2 Å². The maximum atomic E-state index is 11.9. The number of hydrogen-bond donors (Lipinski definition) is 1. The van der Waals surface area contributed by atoms with Crippen LogP contribution in [0.15, 0.2) is 0 Å². The van der Waals surface area contributed by atoms with Crippen LogP contribution in [0.2, 0.25) is 0 Å². The van der Waals surface area contributed by atoms with Crippen molar-refractivity contribution in [2.75, 3.05) is 5.75 Å². The molecule has 4 heteroatoms. The van der Waals surface area contributed by atoms with E-state index < -0.39 is 11.0 Å². The summed E-state index contributed by atoms with van der Waals surface area (Å²) in [6.07, 6.45) is 2.65. The zero-order valence-electron chi connectivity index (χ0n) is 8.71. The molecule has 2 aliphatic rings. The van der Waals surface area contributed by atoms with Crippen molar-refractivity contribution in [2.24, 2.45) is 21.9 Å². The van der Waals surface area contributed by atoms with Crippen molar-refractivity contribution in [1.82, 2.24) is 0 Å². The number of hydrogen-bond acceptors (Lipinski definition) is 2. The van der Waals surface area contributed by atoms with Crippen molar-refractivity contribution < 1.29 is 9.00 Å².